The summed E-state index contributed by atoms with van der Waals surface area (Å²) in [7, 11) is -1.49. The third kappa shape index (κ3) is 5.52. The first-order chi connectivity index (χ1) is 11.6. The largest absolute Gasteiger partial charge is 0.382 e. The van der Waals surface area contributed by atoms with Crippen LogP contribution in [-0.2, 0) is 29.5 Å². The van der Waals surface area contributed by atoms with Crippen molar-refractivity contribution < 1.29 is 22.7 Å². The number of anilines is 1. The average Bonchev–Trinajstić information content (AvgIpc) is 3.06. The van der Waals surface area contributed by atoms with Gasteiger partial charge in [-0.25, -0.2) is 13.1 Å². The first-order valence-electron chi connectivity index (χ1n) is 8.29. The van der Waals surface area contributed by atoms with Crippen molar-refractivity contribution in [3.8, 4) is 0 Å². The van der Waals surface area contributed by atoms with Crippen LogP contribution in [0.2, 0.25) is 0 Å². The van der Waals surface area contributed by atoms with Crippen molar-refractivity contribution in [2.45, 2.75) is 38.6 Å². The third-order valence-electron chi connectivity index (χ3n) is 3.99. The molecule has 1 atom stereocenters. The van der Waals surface area contributed by atoms with Crippen LogP contribution in [0.3, 0.4) is 0 Å². The molecule has 1 aliphatic rings. The highest BCUT2D eigenvalue weighted by Gasteiger charge is 2.32. The first-order valence-corrected chi connectivity index (χ1v) is 10.1. The van der Waals surface area contributed by atoms with Crippen LogP contribution in [0.15, 0.2) is 6.07 Å². The first kappa shape index (κ1) is 19.9. The molecule has 1 amide bonds. The maximum Gasteiger partial charge on any atom is 0.251 e. The minimum atomic E-state index is -3.05. The number of hydrogen-bond acceptors (Lipinski definition) is 6. The molecule has 1 aromatic rings. The van der Waals surface area contributed by atoms with Crippen LogP contribution in [-0.4, -0.2) is 62.5 Å². The standard InChI is InChI=1S/C16H27N3O5S/c1-16(2,3)13-9-14(17-15(20)10-24-7-6-23-4)19(18-13)12-5-8-25(21,22)11-12/h9,12H,5-8,10-11H2,1-4H3,(H,17,20)/t12-/m0/s1. The molecule has 1 aliphatic heterocycles. The highest BCUT2D eigenvalue weighted by Crippen LogP contribution is 2.30. The lowest BCUT2D eigenvalue weighted by Gasteiger charge is -2.15. The van der Waals surface area contributed by atoms with E-state index in [4.69, 9.17) is 9.47 Å². The van der Waals surface area contributed by atoms with E-state index >= 15 is 0 Å². The molecule has 0 spiro atoms. The zero-order chi connectivity index (χ0) is 18.7. The molecule has 0 aromatic carbocycles. The molecule has 25 heavy (non-hydrogen) atoms. The zero-order valence-corrected chi connectivity index (χ0v) is 16.1. The number of rotatable bonds is 7. The van der Waals surface area contributed by atoms with E-state index < -0.39 is 9.84 Å². The SMILES string of the molecule is COCCOCC(=O)Nc1cc(C(C)(C)C)nn1[C@H]1CCS(=O)(=O)C1. The number of sulfone groups is 1. The number of aromatic nitrogens is 2. The second-order valence-corrected chi connectivity index (χ2v) is 9.49. The van der Waals surface area contributed by atoms with Crippen LogP contribution in [0.5, 0.6) is 0 Å². The lowest BCUT2D eigenvalue weighted by atomic mass is 9.92. The Kier molecular flexibility index (Phi) is 6.23. The molecule has 2 heterocycles. The molecule has 0 aliphatic carbocycles. The molecular weight excluding hydrogens is 346 g/mol. The van der Waals surface area contributed by atoms with E-state index in [1.54, 1.807) is 17.9 Å². The topological polar surface area (TPSA) is 99.5 Å². The Balaban J connectivity index is 2.15. The highest BCUT2D eigenvalue weighted by atomic mass is 32.2. The molecule has 0 unspecified atom stereocenters. The summed E-state index contributed by atoms with van der Waals surface area (Å²) in [6.45, 7) is 6.71. The van der Waals surface area contributed by atoms with Gasteiger partial charge in [-0.2, -0.15) is 5.10 Å². The van der Waals surface area contributed by atoms with Gasteiger partial charge in [0, 0.05) is 18.6 Å². The van der Waals surface area contributed by atoms with Gasteiger partial charge in [-0.15, -0.1) is 0 Å². The Labute approximate surface area is 148 Å². The monoisotopic (exact) mass is 373 g/mol. The molecule has 1 aromatic heterocycles. The molecule has 1 saturated heterocycles. The van der Waals surface area contributed by atoms with Gasteiger partial charge in [-0.1, -0.05) is 20.8 Å². The summed E-state index contributed by atoms with van der Waals surface area (Å²) in [5, 5.41) is 7.35. The summed E-state index contributed by atoms with van der Waals surface area (Å²) >= 11 is 0. The summed E-state index contributed by atoms with van der Waals surface area (Å²) in [4.78, 5) is 12.1. The van der Waals surface area contributed by atoms with Crippen LogP contribution < -0.4 is 5.32 Å². The molecule has 0 radical (unpaired) electrons. The van der Waals surface area contributed by atoms with Crippen molar-refractivity contribution >= 4 is 21.6 Å². The van der Waals surface area contributed by atoms with Gasteiger partial charge in [0.25, 0.3) is 5.91 Å². The number of amides is 1. The fourth-order valence-electron chi connectivity index (χ4n) is 2.59. The van der Waals surface area contributed by atoms with Gasteiger partial charge >= 0.3 is 0 Å². The number of nitrogens with one attached hydrogen (secondary N) is 1. The molecule has 8 nitrogen and oxygen atoms in total. The maximum atomic E-state index is 12.1. The van der Waals surface area contributed by atoms with E-state index in [2.05, 4.69) is 10.4 Å². The van der Waals surface area contributed by atoms with Crippen LogP contribution in [0.25, 0.3) is 0 Å². The number of carbonyl (C=O) groups excluding carboxylic acids is 1. The lowest BCUT2D eigenvalue weighted by Crippen LogP contribution is -2.23. The van der Waals surface area contributed by atoms with Crippen molar-refractivity contribution in [3.63, 3.8) is 0 Å². The maximum absolute atomic E-state index is 12.1. The number of hydrogen-bond donors (Lipinski definition) is 1. The number of carbonyl (C=O) groups is 1. The van der Waals surface area contributed by atoms with Gasteiger partial charge in [-0.3, -0.25) is 4.79 Å². The van der Waals surface area contributed by atoms with E-state index in [0.717, 1.165) is 5.69 Å². The van der Waals surface area contributed by atoms with Crippen LogP contribution in [0.4, 0.5) is 5.82 Å². The normalized spacial score (nSPS) is 19.9. The summed E-state index contributed by atoms with van der Waals surface area (Å²) in [5.74, 6) is 0.396. The van der Waals surface area contributed by atoms with Crippen LogP contribution in [0.1, 0.15) is 38.9 Å². The summed E-state index contributed by atoms with van der Waals surface area (Å²) < 4.78 is 35.3. The minimum absolute atomic E-state index is 0.0471. The van der Waals surface area contributed by atoms with Gasteiger partial charge in [0.1, 0.15) is 12.4 Å². The Morgan fingerprint density at radius 3 is 2.68 bits per heavy atom. The van der Waals surface area contributed by atoms with Crippen LogP contribution in [0, 0.1) is 0 Å². The molecule has 9 heteroatoms. The fourth-order valence-corrected chi connectivity index (χ4v) is 4.28. The molecule has 0 bridgehead atoms. The van der Waals surface area contributed by atoms with Gasteiger partial charge < -0.3 is 14.8 Å². The van der Waals surface area contributed by atoms with E-state index in [1.807, 2.05) is 20.8 Å². The summed E-state index contributed by atoms with van der Waals surface area (Å²) in [6, 6.07) is 1.55. The lowest BCUT2D eigenvalue weighted by molar-refractivity contribution is -0.121. The van der Waals surface area contributed by atoms with E-state index in [1.165, 1.54) is 0 Å². The quantitative estimate of drug-likeness (QED) is 0.720. The molecule has 142 valence electrons. The molecular formula is C16H27N3O5S. The predicted octanol–water partition coefficient (Wildman–Crippen LogP) is 1.14. The summed E-state index contributed by atoms with van der Waals surface area (Å²) in [6.07, 6.45) is 0.501. The van der Waals surface area contributed by atoms with E-state index in [9.17, 15) is 13.2 Å². The van der Waals surface area contributed by atoms with Crippen molar-refractivity contribution in [2.24, 2.45) is 0 Å². The smallest absolute Gasteiger partial charge is 0.251 e. The van der Waals surface area contributed by atoms with Crippen molar-refractivity contribution in [1.29, 1.82) is 0 Å². The minimum Gasteiger partial charge on any atom is -0.382 e. The second kappa shape index (κ2) is 7.84. The third-order valence-corrected chi connectivity index (χ3v) is 5.74. The molecule has 0 saturated carbocycles. The van der Waals surface area contributed by atoms with Gasteiger partial charge in [0.2, 0.25) is 0 Å². The summed E-state index contributed by atoms with van der Waals surface area (Å²) in [5.41, 5.74) is 0.587. The van der Waals surface area contributed by atoms with Gasteiger partial charge in [-0.05, 0) is 6.42 Å². The molecule has 2 rings (SSSR count). The zero-order valence-electron chi connectivity index (χ0n) is 15.2. The Morgan fingerprint density at radius 2 is 2.12 bits per heavy atom. The van der Waals surface area contributed by atoms with Gasteiger partial charge in [0.05, 0.1) is 36.5 Å². The van der Waals surface area contributed by atoms with E-state index in [0.29, 0.717) is 25.5 Å². The Morgan fingerprint density at radius 1 is 1.40 bits per heavy atom. The number of ether oxygens (including phenoxy) is 2. The Bertz CT molecular complexity index is 706. The van der Waals surface area contributed by atoms with Gasteiger partial charge in [0.15, 0.2) is 9.84 Å². The van der Waals surface area contributed by atoms with Crippen molar-refractivity contribution in [3.05, 3.63) is 11.8 Å². The number of nitrogens with zero attached hydrogens (tertiary/aromatic N) is 2. The Hall–Kier alpha value is -1.45. The fraction of sp³-hybridized carbons (Fsp3) is 0.750. The highest BCUT2D eigenvalue weighted by molar-refractivity contribution is 7.91. The molecule has 1 fully saturated rings. The van der Waals surface area contributed by atoms with E-state index in [-0.39, 0.29) is 35.5 Å². The average molecular weight is 373 g/mol. The van der Waals surface area contributed by atoms with Crippen molar-refractivity contribution in [1.82, 2.24) is 9.78 Å². The van der Waals surface area contributed by atoms with Crippen LogP contribution >= 0.6 is 0 Å². The molecule has 1 N–H and O–H groups in total. The second-order valence-electron chi connectivity index (χ2n) is 7.26. The van der Waals surface area contributed by atoms with Crippen molar-refractivity contribution in [2.75, 3.05) is 43.8 Å². The number of methoxy groups -OCH3 is 1. The predicted molar refractivity (Wildman–Crippen MR) is 94.6 cm³/mol.